The van der Waals surface area contributed by atoms with Gasteiger partial charge in [-0.15, -0.1) is 5.10 Å². The minimum absolute atomic E-state index is 0.806. The van der Waals surface area contributed by atoms with Gasteiger partial charge < -0.3 is 5.73 Å². The summed E-state index contributed by atoms with van der Waals surface area (Å²) in [4.78, 5) is 0. The molecule has 5 nitrogen and oxygen atoms in total. The maximum Gasteiger partial charge on any atom is 0.209 e. The first-order valence-corrected chi connectivity index (χ1v) is 5.88. The lowest BCUT2D eigenvalue weighted by molar-refractivity contribution is 0.660. The van der Waals surface area contributed by atoms with Gasteiger partial charge in [0, 0.05) is 12.8 Å². The van der Waals surface area contributed by atoms with Crippen LogP contribution >= 0.6 is 11.8 Å². The van der Waals surface area contributed by atoms with Crippen molar-refractivity contribution in [1.82, 2.24) is 20.2 Å². The largest absolute Gasteiger partial charge is 0.330 e. The van der Waals surface area contributed by atoms with Gasteiger partial charge >= 0.3 is 0 Å². The molecule has 1 aromatic rings. The van der Waals surface area contributed by atoms with Crippen molar-refractivity contribution in [3.05, 3.63) is 0 Å². The third-order valence-electron chi connectivity index (χ3n) is 1.91. The van der Waals surface area contributed by atoms with Crippen LogP contribution in [0.4, 0.5) is 0 Å². The van der Waals surface area contributed by atoms with E-state index < -0.39 is 0 Å². The average Bonchev–Trinajstić information content (AvgIpc) is 2.58. The van der Waals surface area contributed by atoms with Crippen LogP contribution in [0.5, 0.6) is 0 Å². The summed E-state index contributed by atoms with van der Waals surface area (Å²) in [6.45, 7) is 0.806. The summed E-state index contributed by atoms with van der Waals surface area (Å²) in [6, 6.07) is 0. The first-order valence-electron chi connectivity index (χ1n) is 4.90. The first-order chi connectivity index (χ1) is 6.84. The van der Waals surface area contributed by atoms with Crippen LogP contribution in [0.2, 0.25) is 0 Å². The minimum atomic E-state index is 0.806. The fourth-order valence-electron chi connectivity index (χ4n) is 1.11. The molecule has 0 saturated carbocycles. The maximum absolute atomic E-state index is 5.41. The lowest BCUT2D eigenvalue weighted by atomic mass is 10.2. The Kier molecular flexibility index (Phi) is 5.55. The molecule has 0 bridgehead atoms. The van der Waals surface area contributed by atoms with Crippen molar-refractivity contribution in [2.45, 2.75) is 30.8 Å². The molecule has 1 heterocycles. The van der Waals surface area contributed by atoms with Crippen molar-refractivity contribution in [3.63, 3.8) is 0 Å². The zero-order valence-corrected chi connectivity index (χ0v) is 9.33. The number of hydrogen-bond donors (Lipinski definition) is 1. The number of unbranched alkanes of at least 4 members (excludes halogenated alkanes) is 3. The number of hydrogen-bond acceptors (Lipinski definition) is 5. The van der Waals surface area contributed by atoms with Crippen LogP contribution in [0, 0.1) is 0 Å². The van der Waals surface area contributed by atoms with E-state index in [1.807, 2.05) is 7.05 Å². The van der Waals surface area contributed by atoms with Gasteiger partial charge in [0.1, 0.15) is 0 Å². The topological polar surface area (TPSA) is 69.6 Å². The quantitative estimate of drug-likeness (QED) is 0.538. The highest BCUT2D eigenvalue weighted by Crippen LogP contribution is 2.14. The fourth-order valence-corrected chi connectivity index (χ4v) is 1.96. The number of thioether (sulfide) groups is 1. The molecule has 0 aliphatic heterocycles. The van der Waals surface area contributed by atoms with Crippen LogP contribution in [0.3, 0.4) is 0 Å². The molecule has 0 amide bonds. The number of aryl methyl sites for hydroxylation is 1. The highest BCUT2D eigenvalue weighted by molar-refractivity contribution is 7.99. The van der Waals surface area contributed by atoms with Crippen LogP contribution in [0.1, 0.15) is 25.7 Å². The SMILES string of the molecule is Cn1nnnc1SCCCCCCN. The van der Waals surface area contributed by atoms with Crippen LogP contribution in [0.15, 0.2) is 5.16 Å². The van der Waals surface area contributed by atoms with Crippen molar-refractivity contribution in [3.8, 4) is 0 Å². The maximum atomic E-state index is 5.41. The Morgan fingerprint density at radius 1 is 1.29 bits per heavy atom. The number of nitrogens with two attached hydrogens (primary N) is 1. The highest BCUT2D eigenvalue weighted by Gasteiger charge is 2.01. The molecule has 2 N–H and O–H groups in total. The predicted molar refractivity (Wildman–Crippen MR) is 57.0 cm³/mol. The smallest absolute Gasteiger partial charge is 0.209 e. The van der Waals surface area contributed by atoms with Gasteiger partial charge in [-0.3, -0.25) is 0 Å². The normalized spacial score (nSPS) is 10.7. The Morgan fingerprint density at radius 3 is 2.71 bits per heavy atom. The monoisotopic (exact) mass is 215 g/mol. The third kappa shape index (κ3) is 4.06. The summed E-state index contributed by atoms with van der Waals surface area (Å²) in [5, 5.41) is 12.1. The van der Waals surface area contributed by atoms with Crippen molar-refractivity contribution < 1.29 is 0 Å². The van der Waals surface area contributed by atoms with Gasteiger partial charge in [0.25, 0.3) is 0 Å². The second kappa shape index (κ2) is 6.78. The van der Waals surface area contributed by atoms with Crippen molar-refractivity contribution in [2.75, 3.05) is 12.3 Å². The molecule has 0 aromatic carbocycles. The van der Waals surface area contributed by atoms with Crippen LogP contribution < -0.4 is 5.73 Å². The summed E-state index contributed by atoms with van der Waals surface area (Å²) in [5.74, 6) is 1.08. The molecule has 1 rings (SSSR count). The molecule has 14 heavy (non-hydrogen) atoms. The molecule has 0 fully saturated rings. The summed E-state index contributed by atoms with van der Waals surface area (Å²) >= 11 is 1.71. The average molecular weight is 215 g/mol. The summed E-state index contributed by atoms with van der Waals surface area (Å²) in [7, 11) is 1.86. The van der Waals surface area contributed by atoms with Gasteiger partial charge in [0.15, 0.2) is 0 Å². The van der Waals surface area contributed by atoms with Gasteiger partial charge in [0.2, 0.25) is 5.16 Å². The molecule has 0 radical (unpaired) electrons. The van der Waals surface area contributed by atoms with E-state index in [9.17, 15) is 0 Å². The Hall–Kier alpha value is -0.620. The molecular formula is C8H17N5S. The fraction of sp³-hybridized carbons (Fsp3) is 0.875. The Bertz CT molecular complexity index is 250. The van der Waals surface area contributed by atoms with E-state index in [0.29, 0.717) is 0 Å². The van der Waals surface area contributed by atoms with Gasteiger partial charge in [-0.25, -0.2) is 4.68 Å². The summed E-state index contributed by atoms with van der Waals surface area (Å²) in [6.07, 6.45) is 4.82. The van der Waals surface area contributed by atoms with Crippen molar-refractivity contribution in [1.29, 1.82) is 0 Å². The summed E-state index contributed by atoms with van der Waals surface area (Å²) in [5.41, 5.74) is 5.41. The second-order valence-electron chi connectivity index (χ2n) is 3.14. The van der Waals surface area contributed by atoms with E-state index in [4.69, 9.17) is 5.73 Å². The van der Waals surface area contributed by atoms with E-state index in [0.717, 1.165) is 23.9 Å². The first kappa shape index (κ1) is 11.5. The number of nitrogens with zero attached hydrogens (tertiary/aromatic N) is 4. The molecule has 0 saturated heterocycles. The van der Waals surface area contributed by atoms with E-state index in [1.54, 1.807) is 16.4 Å². The van der Waals surface area contributed by atoms with Crippen LogP contribution in [0.25, 0.3) is 0 Å². The molecule has 0 spiro atoms. The third-order valence-corrected chi connectivity index (χ3v) is 3.01. The highest BCUT2D eigenvalue weighted by atomic mass is 32.2. The summed E-state index contributed by atoms with van der Waals surface area (Å²) < 4.78 is 1.70. The number of tetrazole rings is 1. The molecule has 0 aliphatic rings. The molecular weight excluding hydrogens is 198 g/mol. The molecule has 80 valence electrons. The second-order valence-corrected chi connectivity index (χ2v) is 4.20. The van der Waals surface area contributed by atoms with Gasteiger partial charge in [-0.2, -0.15) is 0 Å². The molecule has 0 aliphatic carbocycles. The van der Waals surface area contributed by atoms with Gasteiger partial charge in [-0.1, -0.05) is 24.6 Å². The minimum Gasteiger partial charge on any atom is -0.330 e. The van der Waals surface area contributed by atoms with Gasteiger partial charge in [-0.05, 0) is 29.8 Å². The molecule has 1 aromatic heterocycles. The molecule has 0 atom stereocenters. The standard InChI is InChI=1S/C8H17N5S/c1-13-8(10-11-12-13)14-7-5-3-2-4-6-9/h2-7,9H2,1H3. The molecule has 6 heteroatoms. The van der Waals surface area contributed by atoms with Gasteiger partial charge in [0.05, 0.1) is 0 Å². The zero-order chi connectivity index (χ0) is 10.2. The Balaban J connectivity index is 2.02. The van der Waals surface area contributed by atoms with E-state index in [-0.39, 0.29) is 0 Å². The van der Waals surface area contributed by atoms with E-state index in [2.05, 4.69) is 15.5 Å². The predicted octanol–water partition coefficient (Wildman–Crippen LogP) is 0.821. The lowest BCUT2D eigenvalue weighted by Gasteiger charge is -1.99. The van der Waals surface area contributed by atoms with Crippen LogP contribution in [-0.2, 0) is 7.05 Å². The Morgan fingerprint density at radius 2 is 2.07 bits per heavy atom. The number of aromatic nitrogens is 4. The van der Waals surface area contributed by atoms with Crippen LogP contribution in [-0.4, -0.2) is 32.5 Å². The van der Waals surface area contributed by atoms with E-state index in [1.165, 1.54) is 19.3 Å². The molecule has 0 unspecified atom stereocenters. The number of rotatable bonds is 7. The van der Waals surface area contributed by atoms with Crippen molar-refractivity contribution >= 4 is 11.8 Å². The van der Waals surface area contributed by atoms with E-state index >= 15 is 0 Å². The lowest BCUT2D eigenvalue weighted by Crippen LogP contribution is -1.98. The Labute approximate surface area is 88.4 Å². The zero-order valence-electron chi connectivity index (χ0n) is 8.52. The van der Waals surface area contributed by atoms with Crippen molar-refractivity contribution in [2.24, 2.45) is 12.8 Å².